The van der Waals surface area contributed by atoms with Gasteiger partial charge >= 0.3 is 0 Å². The Balaban J connectivity index is 1.79. The van der Waals surface area contributed by atoms with Crippen LogP contribution in [-0.2, 0) is 9.59 Å². The molecule has 0 spiro atoms. The molecule has 0 aliphatic rings. The van der Waals surface area contributed by atoms with Crippen LogP contribution in [0.2, 0.25) is 0 Å². The molecule has 0 atom stereocenters. The molecule has 0 bridgehead atoms. The number of nitrogens with one attached hydrogen (secondary N) is 3. The van der Waals surface area contributed by atoms with E-state index in [0.29, 0.717) is 18.0 Å². The first kappa shape index (κ1) is 20.3. The fourth-order valence-electron chi connectivity index (χ4n) is 2.20. The summed E-state index contributed by atoms with van der Waals surface area (Å²) in [6.07, 6.45) is 0.964. The molecule has 0 radical (unpaired) electrons. The van der Waals surface area contributed by atoms with Crippen LogP contribution in [0.25, 0.3) is 0 Å². The summed E-state index contributed by atoms with van der Waals surface area (Å²) in [5.41, 5.74) is 2.23. The molecule has 0 aliphatic heterocycles. The van der Waals surface area contributed by atoms with Crippen molar-refractivity contribution in [2.45, 2.75) is 27.2 Å². The highest BCUT2D eigenvalue weighted by Crippen LogP contribution is 2.16. The molecule has 3 N–H and O–H groups in total. The molecule has 2 amide bonds. The van der Waals surface area contributed by atoms with E-state index in [1.54, 1.807) is 24.3 Å². The predicted octanol–water partition coefficient (Wildman–Crippen LogP) is 4.12. The van der Waals surface area contributed by atoms with Gasteiger partial charge in [0.15, 0.2) is 0 Å². The second kappa shape index (κ2) is 10.2. The van der Waals surface area contributed by atoms with Crippen LogP contribution in [0.1, 0.15) is 27.2 Å². The van der Waals surface area contributed by atoms with Gasteiger partial charge in [-0.15, -0.1) is 0 Å². The molecule has 2 rings (SSSR count). The number of anilines is 3. The number of amides is 2. The minimum Gasteiger partial charge on any atom is -0.494 e. The Labute approximate surface area is 160 Å². The van der Waals surface area contributed by atoms with Gasteiger partial charge in [0.05, 0.1) is 13.2 Å². The molecule has 0 saturated heterocycles. The van der Waals surface area contributed by atoms with Crippen LogP contribution in [0.3, 0.4) is 0 Å². The topological polar surface area (TPSA) is 79.5 Å². The van der Waals surface area contributed by atoms with Crippen LogP contribution in [0.5, 0.6) is 5.75 Å². The molecule has 0 fully saturated rings. The number of ether oxygens (including phenoxy) is 1. The van der Waals surface area contributed by atoms with E-state index in [1.165, 1.54) is 0 Å². The summed E-state index contributed by atoms with van der Waals surface area (Å²) in [6, 6.07) is 14.5. The van der Waals surface area contributed by atoms with Gasteiger partial charge in [0.25, 0.3) is 0 Å². The quantitative estimate of drug-likeness (QED) is 0.621. The molecule has 6 nitrogen and oxygen atoms in total. The molecule has 0 unspecified atom stereocenters. The molecule has 6 heteroatoms. The smallest absolute Gasteiger partial charge is 0.243 e. The summed E-state index contributed by atoms with van der Waals surface area (Å²) in [6.45, 7) is 6.57. The van der Waals surface area contributed by atoms with E-state index in [2.05, 4.69) is 22.9 Å². The first-order valence-corrected chi connectivity index (χ1v) is 9.15. The first-order valence-electron chi connectivity index (χ1n) is 9.15. The Morgan fingerprint density at radius 1 is 0.889 bits per heavy atom. The minimum atomic E-state index is -0.153. The van der Waals surface area contributed by atoms with E-state index < -0.39 is 0 Å². The highest BCUT2D eigenvalue weighted by molar-refractivity contribution is 5.95. The van der Waals surface area contributed by atoms with Crippen molar-refractivity contribution in [1.82, 2.24) is 0 Å². The van der Waals surface area contributed by atoms with Crippen molar-refractivity contribution in [3.8, 4) is 5.75 Å². The van der Waals surface area contributed by atoms with Crippen molar-refractivity contribution in [2.24, 2.45) is 5.92 Å². The second-order valence-corrected chi connectivity index (χ2v) is 6.50. The van der Waals surface area contributed by atoms with Crippen LogP contribution < -0.4 is 20.7 Å². The summed E-state index contributed by atoms with van der Waals surface area (Å²) in [7, 11) is 0. The van der Waals surface area contributed by atoms with Gasteiger partial charge in [-0.05, 0) is 55.0 Å². The summed E-state index contributed by atoms with van der Waals surface area (Å²) in [5, 5.41) is 8.70. The van der Waals surface area contributed by atoms with E-state index >= 15 is 0 Å². The van der Waals surface area contributed by atoms with Gasteiger partial charge in [0, 0.05) is 23.0 Å². The molecule has 0 heterocycles. The van der Waals surface area contributed by atoms with E-state index in [0.717, 1.165) is 17.9 Å². The van der Waals surface area contributed by atoms with Crippen molar-refractivity contribution in [3.63, 3.8) is 0 Å². The van der Waals surface area contributed by atoms with Crippen LogP contribution in [0.4, 0.5) is 17.1 Å². The van der Waals surface area contributed by atoms with Crippen LogP contribution in [0, 0.1) is 5.92 Å². The van der Waals surface area contributed by atoms with E-state index in [1.807, 2.05) is 38.1 Å². The van der Waals surface area contributed by atoms with Gasteiger partial charge < -0.3 is 20.7 Å². The summed E-state index contributed by atoms with van der Waals surface area (Å²) in [5.74, 6) is 0.543. The Bertz CT molecular complexity index is 740. The Kier molecular flexibility index (Phi) is 7.67. The van der Waals surface area contributed by atoms with Crippen molar-refractivity contribution < 1.29 is 14.3 Å². The third-order valence-corrected chi connectivity index (χ3v) is 3.74. The second-order valence-electron chi connectivity index (χ2n) is 6.50. The zero-order valence-electron chi connectivity index (χ0n) is 16.0. The third kappa shape index (κ3) is 7.01. The highest BCUT2D eigenvalue weighted by Gasteiger charge is 2.07. The van der Waals surface area contributed by atoms with E-state index in [9.17, 15) is 9.59 Å². The standard InChI is InChI=1S/C21H27N3O3/c1-4-13-27-19-11-9-16(10-12-19)22-14-20(25)23-17-5-7-18(8-6-17)24-21(26)15(2)3/h5-12,15,22H,4,13-14H2,1-3H3,(H,23,25)(H,24,26). The number of hydrogen-bond acceptors (Lipinski definition) is 4. The number of hydrogen-bond donors (Lipinski definition) is 3. The number of benzene rings is 2. The summed E-state index contributed by atoms with van der Waals surface area (Å²) >= 11 is 0. The molecule has 144 valence electrons. The first-order chi connectivity index (χ1) is 13.0. The van der Waals surface area contributed by atoms with Crippen molar-refractivity contribution >= 4 is 28.9 Å². The number of rotatable bonds is 9. The van der Waals surface area contributed by atoms with Gasteiger partial charge in [0.1, 0.15) is 5.75 Å². The zero-order chi connectivity index (χ0) is 19.6. The van der Waals surface area contributed by atoms with Gasteiger partial charge in [-0.3, -0.25) is 9.59 Å². The molecular weight excluding hydrogens is 342 g/mol. The average molecular weight is 369 g/mol. The lowest BCUT2D eigenvalue weighted by atomic mass is 10.2. The van der Waals surface area contributed by atoms with Crippen LogP contribution in [0.15, 0.2) is 48.5 Å². The fraction of sp³-hybridized carbons (Fsp3) is 0.333. The Morgan fingerprint density at radius 2 is 1.44 bits per heavy atom. The Hall–Kier alpha value is -3.02. The molecule has 27 heavy (non-hydrogen) atoms. The molecule has 2 aromatic carbocycles. The minimum absolute atomic E-state index is 0.0397. The molecule has 0 saturated carbocycles. The summed E-state index contributed by atoms with van der Waals surface area (Å²) < 4.78 is 5.53. The maximum Gasteiger partial charge on any atom is 0.243 e. The predicted molar refractivity (Wildman–Crippen MR) is 109 cm³/mol. The maximum absolute atomic E-state index is 12.1. The largest absolute Gasteiger partial charge is 0.494 e. The van der Waals surface area contributed by atoms with Crippen molar-refractivity contribution in [3.05, 3.63) is 48.5 Å². The highest BCUT2D eigenvalue weighted by atomic mass is 16.5. The number of carbonyl (C=O) groups is 2. The SMILES string of the molecule is CCCOc1ccc(NCC(=O)Nc2ccc(NC(=O)C(C)C)cc2)cc1. The van der Waals surface area contributed by atoms with Gasteiger partial charge in [-0.25, -0.2) is 0 Å². The Morgan fingerprint density at radius 3 is 2.00 bits per heavy atom. The monoisotopic (exact) mass is 369 g/mol. The van der Waals surface area contributed by atoms with Crippen LogP contribution in [-0.4, -0.2) is 25.0 Å². The third-order valence-electron chi connectivity index (χ3n) is 3.74. The van der Waals surface area contributed by atoms with Gasteiger partial charge in [-0.1, -0.05) is 20.8 Å². The lowest BCUT2D eigenvalue weighted by molar-refractivity contribution is -0.119. The molecule has 0 aromatic heterocycles. The van der Waals surface area contributed by atoms with E-state index in [4.69, 9.17) is 4.74 Å². The lowest BCUT2D eigenvalue weighted by Crippen LogP contribution is -2.21. The van der Waals surface area contributed by atoms with Crippen molar-refractivity contribution in [2.75, 3.05) is 29.1 Å². The van der Waals surface area contributed by atoms with Gasteiger partial charge in [0.2, 0.25) is 11.8 Å². The van der Waals surface area contributed by atoms with Gasteiger partial charge in [-0.2, -0.15) is 0 Å². The molecular formula is C21H27N3O3. The van der Waals surface area contributed by atoms with Crippen molar-refractivity contribution in [1.29, 1.82) is 0 Å². The molecule has 2 aromatic rings. The van der Waals surface area contributed by atoms with Crippen LogP contribution >= 0.6 is 0 Å². The lowest BCUT2D eigenvalue weighted by Gasteiger charge is -2.10. The molecule has 0 aliphatic carbocycles. The van der Waals surface area contributed by atoms with E-state index in [-0.39, 0.29) is 24.3 Å². The zero-order valence-corrected chi connectivity index (χ0v) is 16.0. The summed E-state index contributed by atoms with van der Waals surface area (Å²) in [4.78, 5) is 23.7. The normalized spacial score (nSPS) is 10.4. The maximum atomic E-state index is 12.1. The average Bonchev–Trinajstić information content (AvgIpc) is 2.67. The fourth-order valence-corrected chi connectivity index (χ4v) is 2.20. The number of carbonyl (C=O) groups excluding carboxylic acids is 2.